The van der Waals surface area contributed by atoms with E-state index in [1.54, 1.807) is 24.3 Å². The highest BCUT2D eigenvalue weighted by molar-refractivity contribution is 5.80. The van der Waals surface area contributed by atoms with E-state index >= 15 is 0 Å². The fourth-order valence-electron chi connectivity index (χ4n) is 3.95. The molecule has 182 valence electrons. The van der Waals surface area contributed by atoms with E-state index in [0.717, 1.165) is 6.07 Å². The highest BCUT2D eigenvalue weighted by atomic mass is 19.4. The van der Waals surface area contributed by atoms with Crippen LogP contribution in [0.1, 0.15) is 5.56 Å². The van der Waals surface area contributed by atoms with Gasteiger partial charge in [-0.05, 0) is 30.3 Å². The molecule has 34 heavy (non-hydrogen) atoms. The molecule has 1 saturated heterocycles. The molecule has 2 heterocycles. The lowest BCUT2D eigenvalue weighted by molar-refractivity contribution is -0.137. The molecular formula is C24H25F3N2O5. The van der Waals surface area contributed by atoms with Crippen LogP contribution in [0.4, 0.5) is 18.9 Å². The standard InChI is InChI=1S/C24H25F3N2O5/c1-32-21-13-20-16(5-6-23(31)34-20)11-22(21)33-15-19(30)14-28-7-9-29(10-8-28)18-4-2-3-17(12-18)24(25,26)27/h2-6,11-13,19,30H,7-10,14-15H2,1H3. The number of aliphatic hydroxyl groups excluding tert-OH is 1. The van der Waals surface area contributed by atoms with E-state index in [0.29, 0.717) is 60.9 Å². The quantitative estimate of drug-likeness (QED) is 0.522. The van der Waals surface area contributed by atoms with Gasteiger partial charge in [-0.3, -0.25) is 4.90 Å². The first-order chi connectivity index (χ1) is 16.2. The highest BCUT2D eigenvalue weighted by Crippen LogP contribution is 2.33. The van der Waals surface area contributed by atoms with Crippen LogP contribution in [0.3, 0.4) is 0 Å². The number of fused-ring (bicyclic) bond motifs is 1. The molecule has 2 aromatic carbocycles. The number of alkyl halides is 3. The van der Waals surface area contributed by atoms with Crippen LogP contribution in [0.15, 0.2) is 57.7 Å². The number of rotatable bonds is 7. The van der Waals surface area contributed by atoms with Gasteiger partial charge in [0.1, 0.15) is 18.3 Å². The molecule has 1 atom stereocenters. The summed E-state index contributed by atoms with van der Waals surface area (Å²) < 4.78 is 55.2. The van der Waals surface area contributed by atoms with Gasteiger partial charge < -0.3 is 23.9 Å². The third-order valence-corrected chi connectivity index (χ3v) is 5.72. The van der Waals surface area contributed by atoms with Crippen LogP contribution in [-0.4, -0.2) is 62.6 Å². The van der Waals surface area contributed by atoms with Gasteiger partial charge in [0, 0.05) is 55.9 Å². The monoisotopic (exact) mass is 478 g/mol. The third-order valence-electron chi connectivity index (χ3n) is 5.72. The third kappa shape index (κ3) is 5.63. The van der Waals surface area contributed by atoms with Crippen molar-refractivity contribution < 1.29 is 32.2 Å². The van der Waals surface area contributed by atoms with Crippen molar-refractivity contribution in [1.82, 2.24) is 4.90 Å². The number of ether oxygens (including phenoxy) is 2. The van der Waals surface area contributed by atoms with E-state index in [9.17, 15) is 23.1 Å². The fraction of sp³-hybridized carbons (Fsp3) is 0.375. The Morgan fingerprint density at radius 1 is 1.06 bits per heavy atom. The molecule has 0 radical (unpaired) electrons. The summed E-state index contributed by atoms with van der Waals surface area (Å²) in [5.41, 5.74) is -0.216. The lowest BCUT2D eigenvalue weighted by Crippen LogP contribution is -2.49. The van der Waals surface area contributed by atoms with Crippen LogP contribution in [0, 0.1) is 0 Å². The first kappa shape index (κ1) is 23.9. The molecule has 0 bridgehead atoms. The summed E-state index contributed by atoms with van der Waals surface area (Å²) in [5, 5.41) is 11.1. The van der Waals surface area contributed by atoms with Crippen molar-refractivity contribution in [3.8, 4) is 11.5 Å². The van der Waals surface area contributed by atoms with Gasteiger partial charge in [-0.2, -0.15) is 13.2 Å². The molecule has 1 aromatic heterocycles. The summed E-state index contributed by atoms with van der Waals surface area (Å²) in [6, 6.07) is 11.5. The minimum Gasteiger partial charge on any atom is -0.493 e. The molecule has 7 nitrogen and oxygen atoms in total. The van der Waals surface area contributed by atoms with Gasteiger partial charge in [0.2, 0.25) is 0 Å². The van der Waals surface area contributed by atoms with Crippen molar-refractivity contribution >= 4 is 16.7 Å². The molecule has 1 N–H and O–H groups in total. The Morgan fingerprint density at radius 2 is 1.82 bits per heavy atom. The van der Waals surface area contributed by atoms with Crippen molar-refractivity contribution in [3.63, 3.8) is 0 Å². The predicted molar refractivity (Wildman–Crippen MR) is 121 cm³/mol. The van der Waals surface area contributed by atoms with Gasteiger partial charge >= 0.3 is 11.8 Å². The van der Waals surface area contributed by atoms with E-state index in [2.05, 4.69) is 0 Å². The Bertz CT molecular complexity index is 1190. The van der Waals surface area contributed by atoms with Crippen molar-refractivity contribution in [1.29, 1.82) is 0 Å². The van der Waals surface area contributed by atoms with Crippen LogP contribution in [0.2, 0.25) is 0 Å². The van der Waals surface area contributed by atoms with Crippen LogP contribution in [0.5, 0.6) is 11.5 Å². The summed E-state index contributed by atoms with van der Waals surface area (Å²) in [5.74, 6) is 0.793. The topological polar surface area (TPSA) is 75.4 Å². The molecule has 0 aliphatic carbocycles. The van der Waals surface area contributed by atoms with Gasteiger partial charge in [-0.25, -0.2) is 4.79 Å². The lowest BCUT2D eigenvalue weighted by atomic mass is 10.1. The first-order valence-electron chi connectivity index (χ1n) is 10.8. The van der Waals surface area contributed by atoms with Crippen molar-refractivity contribution in [2.45, 2.75) is 12.3 Å². The Morgan fingerprint density at radius 3 is 2.53 bits per heavy atom. The molecule has 0 saturated carbocycles. The molecule has 1 aliphatic heterocycles. The zero-order valence-corrected chi connectivity index (χ0v) is 18.5. The number of piperazine rings is 1. The van der Waals surface area contributed by atoms with Gasteiger partial charge in [0.05, 0.1) is 12.7 Å². The predicted octanol–water partition coefficient (Wildman–Crippen LogP) is 3.38. The summed E-state index contributed by atoms with van der Waals surface area (Å²) >= 11 is 0. The van der Waals surface area contributed by atoms with Gasteiger partial charge in [-0.15, -0.1) is 0 Å². The molecule has 1 aliphatic rings. The Hall–Kier alpha value is -3.24. The van der Waals surface area contributed by atoms with Gasteiger partial charge in [0.25, 0.3) is 0 Å². The molecule has 10 heteroatoms. The molecular weight excluding hydrogens is 453 g/mol. The summed E-state index contributed by atoms with van der Waals surface area (Å²) in [6.07, 6.45) is -5.15. The lowest BCUT2D eigenvalue weighted by Gasteiger charge is -2.37. The molecule has 4 rings (SSSR count). The van der Waals surface area contributed by atoms with Crippen molar-refractivity contribution in [3.05, 3.63) is 64.5 Å². The largest absolute Gasteiger partial charge is 0.493 e. The number of β-amino-alcohol motifs (C(OH)–C–C–N with tert-alkyl or cyclic N) is 1. The Kier molecular flexibility index (Phi) is 6.99. The van der Waals surface area contributed by atoms with Gasteiger partial charge in [0.15, 0.2) is 11.5 Å². The summed E-state index contributed by atoms with van der Waals surface area (Å²) in [4.78, 5) is 15.4. The molecule has 1 fully saturated rings. The second-order valence-electron chi connectivity index (χ2n) is 8.10. The second-order valence-corrected chi connectivity index (χ2v) is 8.10. The minimum absolute atomic E-state index is 0.0203. The van der Waals surface area contributed by atoms with E-state index in [-0.39, 0.29) is 6.61 Å². The molecule has 1 unspecified atom stereocenters. The number of anilines is 1. The van der Waals surface area contributed by atoms with Crippen molar-refractivity contribution in [2.75, 3.05) is 51.3 Å². The zero-order valence-electron chi connectivity index (χ0n) is 18.5. The van der Waals surface area contributed by atoms with E-state index in [1.807, 2.05) is 9.80 Å². The number of methoxy groups -OCH3 is 1. The van der Waals surface area contributed by atoms with Crippen LogP contribution in [0.25, 0.3) is 11.0 Å². The number of halogens is 3. The maximum atomic E-state index is 13.0. The van der Waals surface area contributed by atoms with Crippen LogP contribution < -0.4 is 20.0 Å². The average molecular weight is 478 g/mol. The zero-order chi connectivity index (χ0) is 24.3. The van der Waals surface area contributed by atoms with Crippen molar-refractivity contribution in [2.24, 2.45) is 0 Å². The normalized spacial score (nSPS) is 16.0. The second kappa shape index (κ2) is 9.94. The first-order valence-corrected chi connectivity index (χ1v) is 10.8. The smallest absolute Gasteiger partial charge is 0.416 e. The van der Waals surface area contributed by atoms with Gasteiger partial charge in [-0.1, -0.05) is 6.07 Å². The van der Waals surface area contributed by atoms with E-state index < -0.39 is 23.5 Å². The van der Waals surface area contributed by atoms with E-state index in [4.69, 9.17) is 13.9 Å². The molecule has 3 aromatic rings. The number of hydrogen-bond acceptors (Lipinski definition) is 7. The summed E-state index contributed by atoms with van der Waals surface area (Å²) in [7, 11) is 1.47. The highest BCUT2D eigenvalue weighted by Gasteiger charge is 2.31. The SMILES string of the molecule is COc1cc2oc(=O)ccc2cc1OCC(O)CN1CCN(c2cccc(C(F)(F)F)c2)CC1. The number of nitrogens with zero attached hydrogens (tertiary/aromatic N) is 2. The van der Waals surface area contributed by atoms with E-state index in [1.165, 1.54) is 25.3 Å². The maximum absolute atomic E-state index is 13.0. The molecule has 0 amide bonds. The van der Waals surface area contributed by atoms with Crippen LogP contribution in [-0.2, 0) is 6.18 Å². The fourth-order valence-corrected chi connectivity index (χ4v) is 3.95. The minimum atomic E-state index is -4.37. The number of benzene rings is 2. The maximum Gasteiger partial charge on any atom is 0.416 e. The number of hydrogen-bond donors (Lipinski definition) is 1. The number of aliphatic hydroxyl groups is 1. The Labute approximate surface area is 193 Å². The Balaban J connectivity index is 1.31. The summed E-state index contributed by atoms with van der Waals surface area (Å²) in [6.45, 7) is 2.70. The molecule has 0 spiro atoms. The average Bonchev–Trinajstić information content (AvgIpc) is 2.82. The van der Waals surface area contributed by atoms with Crippen LogP contribution >= 0.6 is 0 Å².